The molecule has 0 saturated carbocycles. The van der Waals surface area contributed by atoms with E-state index in [0.717, 1.165) is 16.7 Å². The van der Waals surface area contributed by atoms with Crippen LogP contribution in [0.4, 0.5) is 11.6 Å². The highest BCUT2D eigenvalue weighted by Crippen LogP contribution is 2.27. The maximum Gasteiger partial charge on any atom is 0.166 e. The second-order valence-corrected chi connectivity index (χ2v) is 4.85. The maximum absolute atomic E-state index is 5.88. The molecule has 0 radical (unpaired) electrons. The Hall–Kier alpha value is -3.08. The van der Waals surface area contributed by atoms with Crippen LogP contribution in [0.2, 0.25) is 0 Å². The normalized spacial score (nSPS) is 10.4. The fourth-order valence-corrected chi connectivity index (χ4v) is 2.04. The monoisotopic (exact) mass is 292 g/mol. The Kier molecular flexibility index (Phi) is 3.87. The zero-order valence-electron chi connectivity index (χ0n) is 11.9. The van der Waals surface area contributed by atoms with Crippen LogP contribution in [0.3, 0.4) is 0 Å². The molecule has 0 atom stereocenters. The highest BCUT2D eigenvalue weighted by molar-refractivity contribution is 5.67. The average Bonchev–Trinajstić information content (AvgIpc) is 2.56. The molecule has 0 aliphatic heterocycles. The molecular formula is C17H16N4O. The molecule has 3 rings (SSSR count). The van der Waals surface area contributed by atoms with Gasteiger partial charge in [-0.3, -0.25) is 0 Å². The average molecular weight is 292 g/mol. The van der Waals surface area contributed by atoms with E-state index in [1.54, 1.807) is 18.5 Å². The standard InChI is InChI=1S/C17H16N4O/c18-16-7-6-13(9-20-16)14-8-15(17(19)21-10-14)22-11-12-4-2-1-3-5-12/h1-10H,11H2,(H2,18,20)(H2,19,21). The summed E-state index contributed by atoms with van der Waals surface area (Å²) < 4.78 is 5.78. The summed E-state index contributed by atoms with van der Waals surface area (Å²) in [7, 11) is 0. The Morgan fingerprint density at radius 2 is 1.64 bits per heavy atom. The van der Waals surface area contributed by atoms with Gasteiger partial charge < -0.3 is 16.2 Å². The van der Waals surface area contributed by atoms with E-state index in [0.29, 0.717) is 24.0 Å². The molecule has 0 fully saturated rings. The number of benzene rings is 1. The van der Waals surface area contributed by atoms with Crippen LogP contribution in [-0.4, -0.2) is 9.97 Å². The second kappa shape index (κ2) is 6.13. The summed E-state index contributed by atoms with van der Waals surface area (Å²) in [5.41, 5.74) is 14.3. The van der Waals surface area contributed by atoms with E-state index in [1.807, 2.05) is 42.5 Å². The topological polar surface area (TPSA) is 87.0 Å². The minimum Gasteiger partial charge on any atom is -0.485 e. The first-order valence-corrected chi connectivity index (χ1v) is 6.86. The van der Waals surface area contributed by atoms with Crippen molar-refractivity contribution in [1.82, 2.24) is 9.97 Å². The van der Waals surface area contributed by atoms with Gasteiger partial charge in [0.15, 0.2) is 11.6 Å². The molecule has 22 heavy (non-hydrogen) atoms. The van der Waals surface area contributed by atoms with Crippen LogP contribution in [0.25, 0.3) is 11.1 Å². The summed E-state index contributed by atoms with van der Waals surface area (Å²) in [4.78, 5) is 8.26. The van der Waals surface area contributed by atoms with Gasteiger partial charge in [0.1, 0.15) is 12.4 Å². The van der Waals surface area contributed by atoms with Crippen LogP contribution in [0, 0.1) is 0 Å². The lowest BCUT2D eigenvalue weighted by Crippen LogP contribution is -2.01. The molecule has 0 saturated heterocycles. The lowest BCUT2D eigenvalue weighted by molar-refractivity contribution is 0.307. The number of rotatable bonds is 4. The fraction of sp³-hybridized carbons (Fsp3) is 0.0588. The number of aromatic nitrogens is 2. The largest absolute Gasteiger partial charge is 0.485 e. The van der Waals surface area contributed by atoms with Crippen LogP contribution < -0.4 is 16.2 Å². The van der Waals surface area contributed by atoms with E-state index in [4.69, 9.17) is 16.2 Å². The third kappa shape index (κ3) is 3.15. The Morgan fingerprint density at radius 1 is 0.864 bits per heavy atom. The van der Waals surface area contributed by atoms with Gasteiger partial charge in [0, 0.05) is 23.5 Å². The molecule has 0 spiro atoms. The summed E-state index contributed by atoms with van der Waals surface area (Å²) in [6.07, 6.45) is 3.39. The molecule has 5 nitrogen and oxygen atoms in total. The number of ether oxygens (including phenoxy) is 1. The van der Waals surface area contributed by atoms with E-state index in [2.05, 4.69) is 9.97 Å². The van der Waals surface area contributed by atoms with Crippen molar-refractivity contribution >= 4 is 11.6 Å². The summed E-state index contributed by atoms with van der Waals surface area (Å²) in [6, 6.07) is 15.4. The highest BCUT2D eigenvalue weighted by atomic mass is 16.5. The van der Waals surface area contributed by atoms with Gasteiger partial charge in [-0.1, -0.05) is 30.3 Å². The van der Waals surface area contributed by atoms with Crippen LogP contribution in [-0.2, 0) is 6.61 Å². The molecular weight excluding hydrogens is 276 g/mol. The summed E-state index contributed by atoms with van der Waals surface area (Å²) in [6.45, 7) is 0.441. The van der Waals surface area contributed by atoms with Gasteiger partial charge in [-0.25, -0.2) is 9.97 Å². The van der Waals surface area contributed by atoms with Gasteiger partial charge in [-0.15, -0.1) is 0 Å². The minimum atomic E-state index is 0.364. The summed E-state index contributed by atoms with van der Waals surface area (Å²) in [5.74, 6) is 1.40. The molecule has 0 aliphatic rings. The first-order valence-electron chi connectivity index (χ1n) is 6.86. The van der Waals surface area contributed by atoms with Crippen molar-refractivity contribution in [2.75, 3.05) is 11.5 Å². The third-order valence-corrected chi connectivity index (χ3v) is 3.24. The zero-order chi connectivity index (χ0) is 15.4. The number of nitrogens with zero attached hydrogens (tertiary/aromatic N) is 2. The number of anilines is 2. The molecule has 2 heterocycles. The van der Waals surface area contributed by atoms with Crippen molar-refractivity contribution in [2.24, 2.45) is 0 Å². The molecule has 0 unspecified atom stereocenters. The first kappa shape index (κ1) is 13.9. The van der Waals surface area contributed by atoms with E-state index < -0.39 is 0 Å². The van der Waals surface area contributed by atoms with Gasteiger partial charge in [-0.05, 0) is 23.8 Å². The van der Waals surface area contributed by atoms with E-state index in [-0.39, 0.29) is 0 Å². The minimum absolute atomic E-state index is 0.364. The molecule has 5 heteroatoms. The van der Waals surface area contributed by atoms with Crippen molar-refractivity contribution < 1.29 is 4.74 Å². The van der Waals surface area contributed by atoms with Crippen molar-refractivity contribution in [3.63, 3.8) is 0 Å². The number of hydrogen-bond acceptors (Lipinski definition) is 5. The number of hydrogen-bond donors (Lipinski definition) is 2. The van der Waals surface area contributed by atoms with E-state index in [9.17, 15) is 0 Å². The van der Waals surface area contributed by atoms with Gasteiger partial charge >= 0.3 is 0 Å². The van der Waals surface area contributed by atoms with Crippen LogP contribution in [0.15, 0.2) is 60.9 Å². The Balaban J connectivity index is 1.82. The number of nitrogens with two attached hydrogens (primary N) is 2. The molecule has 1 aromatic carbocycles. The maximum atomic E-state index is 5.88. The fourth-order valence-electron chi connectivity index (χ4n) is 2.04. The van der Waals surface area contributed by atoms with Gasteiger partial charge in [-0.2, -0.15) is 0 Å². The number of pyridine rings is 2. The van der Waals surface area contributed by atoms with Crippen molar-refractivity contribution in [3.05, 3.63) is 66.5 Å². The quantitative estimate of drug-likeness (QED) is 0.772. The molecule has 110 valence electrons. The second-order valence-electron chi connectivity index (χ2n) is 4.85. The third-order valence-electron chi connectivity index (χ3n) is 3.24. The molecule has 3 aromatic rings. The molecule has 4 N–H and O–H groups in total. The van der Waals surface area contributed by atoms with Gasteiger partial charge in [0.2, 0.25) is 0 Å². The smallest absolute Gasteiger partial charge is 0.166 e. The number of nitrogen functional groups attached to an aromatic ring is 2. The lowest BCUT2D eigenvalue weighted by atomic mass is 10.1. The van der Waals surface area contributed by atoms with Gasteiger partial charge in [0.05, 0.1) is 0 Å². The molecule has 2 aromatic heterocycles. The van der Waals surface area contributed by atoms with Crippen molar-refractivity contribution in [2.45, 2.75) is 6.61 Å². The van der Waals surface area contributed by atoms with Crippen molar-refractivity contribution in [1.29, 1.82) is 0 Å². The van der Waals surface area contributed by atoms with Crippen LogP contribution >= 0.6 is 0 Å². The lowest BCUT2D eigenvalue weighted by Gasteiger charge is -2.10. The Labute approximate surface area is 128 Å². The van der Waals surface area contributed by atoms with E-state index >= 15 is 0 Å². The predicted octanol–water partition coefficient (Wildman–Crippen LogP) is 2.89. The molecule has 0 aliphatic carbocycles. The molecule has 0 bridgehead atoms. The predicted molar refractivity (Wildman–Crippen MR) is 87.1 cm³/mol. The Morgan fingerprint density at radius 3 is 2.36 bits per heavy atom. The zero-order valence-corrected chi connectivity index (χ0v) is 11.9. The first-order chi connectivity index (χ1) is 10.7. The van der Waals surface area contributed by atoms with Gasteiger partial charge in [0.25, 0.3) is 0 Å². The highest BCUT2D eigenvalue weighted by Gasteiger charge is 2.06. The molecule has 0 amide bonds. The Bertz CT molecular complexity index is 757. The van der Waals surface area contributed by atoms with E-state index in [1.165, 1.54) is 0 Å². The summed E-state index contributed by atoms with van der Waals surface area (Å²) >= 11 is 0. The van der Waals surface area contributed by atoms with Crippen LogP contribution in [0.5, 0.6) is 5.75 Å². The van der Waals surface area contributed by atoms with Crippen LogP contribution in [0.1, 0.15) is 5.56 Å². The summed E-state index contributed by atoms with van der Waals surface area (Å²) in [5, 5.41) is 0. The SMILES string of the molecule is Nc1ccc(-c2cnc(N)c(OCc3ccccc3)c2)cn1. The van der Waals surface area contributed by atoms with Crippen molar-refractivity contribution in [3.8, 4) is 16.9 Å².